The summed E-state index contributed by atoms with van der Waals surface area (Å²) in [5.74, 6) is 0.447. The van der Waals surface area contributed by atoms with E-state index in [-0.39, 0.29) is 11.8 Å². The second-order valence-electron chi connectivity index (χ2n) is 4.12. The molecule has 1 aliphatic carbocycles. The number of ether oxygens (including phenoxy) is 1. The molecule has 1 aromatic heterocycles. The number of nitro groups is 1. The molecule has 0 atom stereocenters. The van der Waals surface area contributed by atoms with Crippen LogP contribution < -0.4 is 4.74 Å². The number of hydrogen-bond donors (Lipinski definition) is 0. The zero-order valence-electron chi connectivity index (χ0n) is 9.26. The maximum Gasteiger partial charge on any atom is 0.288 e. The van der Waals surface area contributed by atoms with E-state index in [0.29, 0.717) is 10.4 Å². The molecular weight excluding hydrogens is 288 g/mol. The van der Waals surface area contributed by atoms with Crippen molar-refractivity contribution < 1.29 is 9.66 Å². The molecule has 0 bridgehead atoms. The van der Waals surface area contributed by atoms with Crippen LogP contribution in [0.3, 0.4) is 0 Å². The third-order valence-corrected chi connectivity index (χ3v) is 3.40. The lowest BCUT2D eigenvalue weighted by molar-refractivity contribution is -0.385. The Morgan fingerprint density at radius 3 is 2.71 bits per heavy atom. The zero-order valence-corrected chi connectivity index (χ0v) is 10.9. The van der Waals surface area contributed by atoms with Crippen LogP contribution in [0.5, 0.6) is 5.88 Å². The Morgan fingerprint density at radius 1 is 1.41 bits per heavy atom. The van der Waals surface area contributed by atoms with Crippen LogP contribution >= 0.6 is 15.9 Å². The molecule has 92 valence electrons. The minimum atomic E-state index is -0.470. The van der Waals surface area contributed by atoms with Gasteiger partial charge in [-0.15, -0.1) is 0 Å². The number of pyridine rings is 1. The molecule has 0 aliphatic heterocycles. The first kappa shape index (κ1) is 12.3. The summed E-state index contributed by atoms with van der Waals surface area (Å²) in [6, 6.07) is 1.42. The van der Waals surface area contributed by atoms with Crippen LogP contribution in [0.4, 0.5) is 5.69 Å². The number of halogens is 1. The summed E-state index contributed by atoms with van der Waals surface area (Å²) >= 11 is 3.25. The molecular formula is C11H13BrN2O3. The number of hydrogen-bond acceptors (Lipinski definition) is 4. The molecule has 17 heavy (non-hydrogen) atoms. The highest BCUT2D eigenvalue weighted by Crippen LogP contribution is 2.29. The summed E-state index contributed by atoms with van der Waals surface area (Å²) in [5.41, 5.74) is -0.0344. The molecule has 2 rings (SSSR count). The summed E-state index contributed by atoms with van der Waals surface area (Å²) in [6.07, 6.45) is 7.09. The van der Waals surface area contributed by atoms with E-state index in [1.807, 2.05) is 0 Å². The highest BCUT2D eigenvalue weighted by Gasteiger charge is 2.18. The molecule has 0 N–H and O–H groups in total. The molecule has 0 aromatic carbocycles. The standard InChI is InChI=1S/C11H13BrN2O3/c12-10-6-8(14(15)16)7-13-11(10)17-9-4-2-1-3-5-9/h6-7,9H,1-5H2. The zero-order chi connectivity index (χ0) is 12.3. The van der Waals surface area contributed by atoms with Crippen LogP contribution in [0.15, 0.2) is 16.7 Å². The molecule has 1 aliphatic rings. The third kappa shape index (κ3) is 3.15. The number of aromatic nitrogens is 1. The summed E-state index contributed by atoms with van der Waals surface area (Å²) in [7, 11) is 0. The van der Waals surface area contributed by atoms with Crippen LogP contribution in [-0.2, 0) is 0 Å². The van der Waals surface area contributed by atoms with Gasteiger partial charge in [-0.05, 0) is 41.6 Å². The molecule has 1 fully saturated rings. The van der Waals surface area contributed by atoms with Gasteiger partial charge in [0.1, 0.15) is 12.3 Å². The smallest absolute Gasteiger partial charge is 0.288 e. The van der Waals surface area contributed by atoms with Crippen molar-refractivity contribution in [3.63, 3.8) is 0 Å². The van der Waals surface area contributed by atoms with E-state index in [0.717, 1.165) is 12.8 Å². The lowest BCUT2D eigenvalue weighted by atomic mass is 9.98. The minimum absolute atomic E-state index is 0.0344. The van der Waals surface area contributed by atoms with Gasteiger partial charge in [0.05, 0.1) is 9.40 Å². The Hall–Kier alpha value is -1.17. The average molecular weight is 301 g/mol. The predicted octanol–water partition coefficient (Wildman–Crippen LogP) is 3.46. The Bertz CT molecular complexity index is 419. The Labute approximate surface area is 107 Å². The van der Waals surface area contributed by atoms with Gasteiger partial charge in [0, 0.05) is 6.07 Å². The summed E-state index contributed by atoms with van der Waals surface area (Å²) < 4.78 is 6.28. The van der Waals surface area contributed by atoms with Crippen LogP contribution in [0, 0.1) is 10.1 Å². The summed E-state index contributed by atoms with van der Waals surface area (Å²) in [6.45, 7) is 0. The van der Waals surface area contributed by atoms with E-state index in [4.69, 9.17) is 4.74 Å². The normalized spacial score (nSPS) is 16.8. The Kier molecular flexibility index (Phi) is 3.93. The quantitative estimate of drug-likeness (QED) is 0.633. The molecule has 0 amide bonds. The first-order valence-electron chi connectivity index (χ1n) is 5.63. The maximum atomic E-state index is 10.6. The fraction of sp³-hybridized carbons (Fsp3) is 0.545. The van der Waals surface area contributed by atoms with Gasteiger partial charge in [-0.3, -0.25) is 10.1 Å². The fourth-order valence-electron chi connectivity index (χ4n) is 1.94. The Balaban J connectivity index is 2.08. The van der Waals surface area contributed by atoms with Gasteiger partial charge < -0.3 is 4.74 Å². The van der Waals surface area contributed by atoms with Crippen LogP contribution in [0.1, 0.15) is 32.1 Å². The van der Waals surface area contributed by atoms with Gasteiger partial charge >= 0.3 is 0 Å². The molecule has 0 radical (unpaired) electrons. The monoisotopic (exact) mass is 300 g/mol. The Morgan fingerprint density at radius 2 is 2.12 bits per heavy atom. The van der Waals surface area contributed by atoms with E-state index in [9.17, 15) is 10.1 Å². The van der Waals surface area contributed by atoms with Crippen molar-refractivity contribution in [2.45, 2.75) is 38.2 Å². The minimum Gasteiger partial charge on any atom is -0.474 e. The molecule has 6 heteroatoms. The molecule has 5 nitrogen and oxygen atoms in total. The van der Waals surface area contributed by atoms with Crippen molar-refractivity contribution >= 4 is 21.6 Å². The fourth-order valence-corrected chi connectivity index (χ4v) is 2.37. The number of rotatable bonds is 3. The largest absolute Gasteiger partial charge is 0.474 e. The molecule has 1 saturated carbocycles. The highest BCUT2D eigenvalue weighted by atomic mass is 79.9. The number of nitrogens with zero attached hydrogens (tertiary/aromatic N) is 2. The van der Waals surface area contributed by atoms with Crippen molar-refractivity contribution in [3.8, 4) is 5.88 Å². The molecule has 0 unspecified atom stereocenters. The van der Waals surface area contributed by atoms with Gasteiger partial charge in [0.25, 0.3) is 5.69 Å². The predicted molar refractivity (Wildman–Crippen MR) is 66.1 cm³/mol. The van der Waals surface area contributed by atoms with Crippen molar-refractivity contribution in [2.75, 3.05) is 0 Å². The van der Waals surface area contributed by atoms with Gasteiger partial charge in [0.2, 0.25) is 5.88 Å². The van der Waals surface area contributed by atoms with Gasteiger partial charge in [0.15, 0.2) is 0 Å². The average Bonchev–Trinajstić information content (AvgIpc) is 2.33. The highest BCUT2D eigenvalue weighted by molar-refractivity contribution is 9.10. The molecule has 1 aromatic rings. The summed E-state index contributed by atoms with van der Waals surface area (Å²) in [4.78, 5) is 14.1. The molecule has 1 heterocycles. The lowest BCUT2D eigenvalue weighted by Gasteiger charge is -2.22. The van der Waals surface area contributed by atoms with E-state index in [1.165, 1.54) is 31.5 Å². The van der Waals surface area contributed by atoms with E-state index >= 15 is 0 Å². The van der Waals surface area contributed by atoms with E-state index < -0.39 is 4.92 Å². The van der Waals surface area contributed by atoms with Gasteiger partial charge in [-0.25, -0.2) is 4.98 Å². The van der Waals surface area contributed by atoms with Crippen molar-refractivity contribution in [2.24, 2.45) is 0 Å². The van der Waals surface area contributed by atoms with E-state index in [2.05, 4.69) is 20.9 Å². The first-order valence-corrected chi connectivity index (χ1v) is 6.42. The van der Waals surface area contributed by atoms with Crippen LogP contribution in [-0.4, -0.2) is 16.0 Å². The van der Waals surface area contributed by atoms with Crippen molar-refractivity contribution in [1.82, 2.24) is 4.98 Å². The first-order chi connectivity index (χ1) is 8.16. The topological polar surface area (TPSA) is 65.3 Å². The summed E-state index contributed by atoms with van der Waals surface area (Å²) in [5, 5.41) is 10.6. The van der Waals surface area contributed by atoms with Crippen molar-refractivity contribution in [1.29, 1.82) is 0 Å². The molecule has 0 spiro atoms. The van der Waals surface area contributed by atoms with Crippen molar-refractivity contribution in [3.05, 3.63) is 26.9 Å². The van der Waals surface area contributed by atoms with Crippen LogP contribution in [0.25, 0.3) is 0 Å². The third-order valence-electron chi connectivity index (χ3n) is 2.83. The maximum absolute atomic E-state index is 10.6. The lowest BCUT2D eigenvalue weighted by Crippen LogP contribution is -2.20. The SMILES string of the molecule is O=[N+]([O-])c1cnc(OC2CCCCC2)c(Br)c1. The molecule has 0 saturated heterocycles. The second-order valence-corrected chi connectivity index (χ2v) is 4.97. The van der Waals surface area contributed by atoms with E-state index in [1.54, 1.807) is 0 Å². The van der Waals surface area contributed by atoms with Crippen LogP contribution in [0.2, 0.25) is 0 Å². The second kappa shape index (κ2) is 5.44. The van der Waals surface area contributed by atoms with Gasteiger partial charge in [-0.2, -0.15) is 0 Å². The van der Waals surface area contributed by atoms with Gasteiger partial charge in [-0.1, -0.05) is 6.42 Å².